The van der Waals surface area contributed by atoms with Gasteiger partial charge in [0.1, 0.15) is 7.85 Å². The fraction of sp³-hybridized carbons (Fsp3) is 0.562. The van der Waals surface area contributed by atoms with Crippen molar-refractivity contribution >= 4 is 19.2 Å². The van der Waals surface area contributed by atoms with Gasteiger partial charge in [0.25, 0.3) is 5.91 Å². The van der Waals surface area contributed by atoms with E-state index in [1.54, 1.807) is 11.0 Å². The smallest absolute Gasteiger partial charge is 0.254 e. The SMILES string of the molecule is [B]c1cc(C(=O)N(C)C(C)(C)C)cc(C2(C)CC2)c1. The summed E-state index contributed by atoms with van der Waals surface area (Å²) in [7, 11) is 7.80. The normalized spacial score (nSPS) is 17.1. The molecule has 2 radical (unpaired) electrons. The van der Waals surface area contributed by atoms with Crippen molar-refractivity contribution in [3.8, 4) is 0 Å². The van der Waals surface area contributed by atoms with Gasteiger partial charge in [-0.05, 0) is 50.7 Å². The summed E-state index contributed by atoms with van der Waals surface area (Å²) >= 11 is 0. The molecule has 0 aliphatic heterocycles. The van der Waals surface area contributed by atoms with Gasteiger partial charge in [-0.3, -0.25) is 4.79 Å². The largest absolute Gasteiger partial charge is 0.337 e. The van der Waals surface area contributed by atoms with Crippen molar-refractivity contribution in [2.24, 2.45) is 0 Å². The first-order valence-corrected chi connectivity index (χ1v) is 6.83. The van der Waals surface area contributed by atoms with Crippen LogP contribution in [0.4, 0.5) is 0 Å². The lowest BCUT2D eigenvalue weighted by Gasteiger charge is -2.32. The lowest BCUT2D eigenvalue weighted by atomic mass is 9.86. The average molecular weight is 255 g/mol. The first-order chi connectivity index (χ1) is 8.63. The molecule has 100 valence electrons. The number of amides is 1. The van der Waals surface area contributed by atoms with E-state index in [0.29, 0.717) is 11.0 Å². The van der Waals surface area contributed by atoms with Crippen LogP contribution in [0.1, 0.15) is 56.5 Å². The molecule has 2 nitrogen and oxygen atoms in total. The third-order valence-corrected chi connectivity index (χ3v) is 4.21. The van der Waals surface area contributed by atoms with Crippen LogP contribution in [0.15, 0.2) is 18.2 Å². The third-order valence-electron chi connectivity index (χ3n) is 4.21. The quantitative estimate of drug-likeness (QED) is 0.743. The number of nitrogens with zero attached hydrogens (tertiary/aromatic N) is 1. The lowest BCUT2D eigenvalue weighted by molar-refractivity contribution is 0.0656. The highest BCUT2D eigenvalue weighted by molar-refractivity contribution is 6.32. The van der Waals surface area contributed by atoms with E-state index in [-0.39, 0.29) is 16.9 Å². The van der Waals surface area contributed by atoms with E-state index >= 15 is 0 Å². The van der Waals surface area contributed by atoms with E-state index in [1.807, 2.05) is 40.0 Å². The van der Waals surface area contributed by atoms with Crippen LogP contribution in [0.3, 0.4) is 0 Å². The van der Waals surface area contributed by atoms with Gasteiger partial charge in [0, 0.05) is 18.2 Å². The molecule has 0 atom stereocenters. The van der Waals surface area contributed by atoms with Crippen molar-refractivity contribution in [3.63, 3.8) is 0 Å². The Morgan fingerprint density at radius 2 is 1.84 bits per heavy atom. The van der Waals surface area contributed by atoms with Crippen LogP contribution in [0.2, 0.25) is 0 Å². The number of hydrogen-bond acceptors (Lipinski definition) is 1. The summed E-state index contributed by atoms with van der Waals surface area (Å²) in [5, 5.41) is 0. The molecule has 0 saturated heterocycles. The molecule has 0 heterocycles. The predicted octanol–water partition coefficient (Wildman–Crippen LogP) is 2.40. The highest BCUT2D eigenvalue weighted by atomic mass is 16.2. The van der Waals surface area contributed by atoms with E-state index in [1.165, 1.54) is 18.4 Å². The molecule has 0 N–H and O–H groups in total. The minimum Gasteiger partial charge on any atom is -0.337 e. The summed E-state index contributed by atoms with van der Waals surface area (Å²) in [5.74, 6) is 0.0327. The highest BCUT2D eigenvalue weighted by Crippen LogP contribution is 2.47. The van der Waals surface area contributed by atoms with Crippen LogP contribution in [-0.2, 0) is 5.41 Å². The molecule has 1 fully saturated rings. The van der Waals surface area contributed by atoms with Crippen molar-refractivity contribution in [3.05, 3.63) is 29.3 Å². The summed E-state index contributed by atoms with van der Waals surface area (Å²) < 4.78 is 0. The van der Waals surface area contributed by atoms with Gasteiger partial charge in [-0.2, -0.15) is 0 Å². The summed E-state index contributed by atoms with van der Waals surface area (Å²) in [4.78, 5) is 14.3. The van der Waals surface area contributed by atoms with Crippen molar-refractivity contribution in [2.45, 2.75) is 51.5 Å². The zero-order chi connectivity index (χ0) is 14.4. The Kier molecular flexibility index (Phi) is 3.28. The van der Waals surface area contributed by atoms with Crippen LogP contribution < -0.4 is 5.46 Å². The van der Waals surface area contributed by atoms with Crippen LogP contribution in [0.25, 0.3) is 0 Å². The van der Waals surface area contributed by atoms with Crippen molar-refractivity contribution < 1.29 is 4.79 Å². The molecule has 1 aromatic rings. The number of rotatable bonds is 2. The Morgan fingerprint density at radius 3 is 2.32 bits per heavy atom. The second kappa shape index (κ2) is 4.40. The molecule has 0 spiro atoms. The minimum absolute atomic E-state index is 0.0327. The molecule has 0 bridgehead atoms. The number of hydrogen-bond donors (Lipinski definition) is 0. The Labute approximate surface area is 117 Å². The maximum Gasteiger partial charge on any atom is 0.254 e. The molecule has 1 saturated carbocycles. The van der Waals surface area contributed by atoms with Crippen LogP contribution in [0, 0.1) is 0 Å². The van der Waals surface area contributed by atoms with E-state index in [0.717, 1.165) is 0 Å². The van der Waals surface area contributed by atoms with Crippen LogP contribution in [0.5, 0.6) is 0 Å². The van der Waals surface area contributed by atoms with E-state index in [4.69, 9.17) is 7.85 Å². The first-order valence-electron chi connectivity index (χ1n) is 6.83. The lowest BCUT2D eigenvalue weighted by Crippen LogP contribution is -2.42. The molecule has 1 aromatic carbocycles. The standard InChI is InChI=1S/C16H22BNO/c1-15(2,3)18(5)14(19)11-8-12(10-13(17)9-11)16(4)6-7-16/h8-10H,6-7H2,1-5H3. The summed E-state index contributed by atoms with van der Waals surface area (Å²) in [5.41, 5.74) is 2.60. The van der Waals surface area contributed by atoms with E-state index in [9.17, 15) is 4.79 Å². The maximum atomic E-state index is 12.5. The Balaban J connectivity index is 2.35. The third kappa shape index (κ3) is 2.85. The molecule has 2 rings (SSSR count). The van der Waals surface area contributed by atoms with Gasteiger partial charge in [0.05, 0.1) is 0 Å². The summed E-state index contributed by atoms with van der Waals surface area (Å²) in [6.45, 7) is 8.31. The number of carbonyl (C=O) groups excluding carboxylic acids is 1. The Hall–Kier alpha value is -1.25. The Morgan fingerprint density at radius 1 is 1.26 bits per heavy atom. The van der Waals surface area contributed by atoms with Gasteiger partial charge in [0.15, 0.2) is 0 Å². The fourth-order valence-corrected chi connectivity index (χ4v) is 2.10. The number of carbonyl (C=O) groups is 1. The second-order valence-electron chi connectivity index (χ2n) is 6.94. The average Bonchev–Trinajstić information content (AvgIpc) is 3.05. The zero-order valence-corrected chi connectivity index (χ0v) is 12.6. The Bertz CT molecular complexity index is 512. The molecule has 1 amide bonds. The zero-order valence-electron chi connectivity index (χ0n) is 12.6. The molecule has 19 heavy (non-hydrogen) atoms. The van der Waals surface area contributed by atoms with Gasteiger partial charge < -0.3 is 4.90 Å². The summed E-state index contributed by atoms with van der Waals surface area (Å²) in [6, 6.07) is 5.79. The molecule has 0 unspecified atom stereocenters. The molecule has 1 aliphatic rings. The maximum absolute atomic E-state index is 12.5. The molecule has 0 aromatic heterocycles. The van der Waals surface area contributed by atoms with Crippen molar-refractivity contribution in [2.75, 3.05) is 7.05 Å². The van der Waals surface area contributed by atoms with Crippen molar-refractivity contribution in [1.82, 2.24) is 4.90 Å². The van der Waals surface area contributed by atoms with Gasteiger partial charge in [-0.1, -0.05) is 24.5 Å². The van der Waals surface area contributed by atoms with Gasteiger partial charge in [-0.25, -0.2) is 0 Å². The second-order valence-corrected chi connectivity index (χ2v) is 6.94. The molecular formula is C16H22BNO. The van der Waals surface area contributed by atoms with E-state index in [2.05, 4.69) is 6.92 Å². The highest BCUT2D eigenvalue weighted by Gasteiger charge is 2.39. The molecular weight excluding hydrogens is 233 g/mol. The monoisotopic (exact) mass is 255 g/mol. The van der Waals surface area contributed by atoms with Crippen molar-refractivity contribution in [1.29, 1.82) is 0 Å². The fourth-order valence-electron chi connectivity index (χ4n) is 2.10. The van der Waals surface area contributed by atoms with Gasteiger partial charge in [0.2, 0.25) is 0 Å². The van der Waals surface area contributed by atoms with Gasteiger partial charge >= 0.3 is 0 Å². The summed E-state index contributed by atoms with van der Waals surface area (Å²) in [6.07, 6.45) is 2.36. The van der Waals surface area contributed by atoms with Crippen LogP contribution >= 0.6 is 0 Å². The molecule has 3 heteroatoms. The predicted molar refractivity (Wildman–Crippen MR) is 80.3 cm³/mol. The van der Waals surface area contributed by atoms with Crippen LogP contribution in [-0.4, -0.2) is 31.2 Å². The molecule has 1 aliphatic carbocycles. The van der Waals surface area contributed by atoms with E-state index < -0.39 is 0 Å². The topological polar surface area (TPSA) is 20.3 Å². The minimum atomic E-state index is -0.189. The van der Waals surface area contributed by atoms with Gasteiger partial charge in [-0.15, -0.1) is 0 Å². The first kappa shape index (κ1) is 14.2. The number of benzene rings is 1.